The van der Waals surface area contributed by atoms with Crippen LogP contribution in [0.25, 0.3) is 0 Å². The first kappa shape index (κ1) is 25.0. The fourth-order valence-electron chi connectivity index (χ4n) is 3.88. The molecule has 0 bridgehead atoms. The molecule has 0 unspecified atom stereocenters. The number of rotatable bonds is 6. The van der Waals surface area contributed by atoms with E-state index in [1.54, 1.807) is 10.7 Å². The van der Waals surface area contributed by atoms with E-state index in [2.05, 4.69) is 4.99 Å². The summed E-state index contributed by atoms with van der Waals surface area (Å²) in [5, 5.41) is 0. The Bertz CT molecular complexity index is 1060. The third-order valence-electron chi connectivity index (χ3n) is 5.50. The van der Waals surface area contributed by atoms with Crippen LogP contribution in [0.2, 0.25) is 0 Å². The van der Waals surface area contributed by atoms with E-state index in [1.165, 1.54) is 0 Å². The van der Waals surface area contributed by atoms with Gasteiger partial charge < -0.3 is 9.47 Å². The number of alkyl halides is 4. The molecule has 1 atom stereocenters. The van der Waals surface area contributed by atoms with E-state index in [9.17, 15) is 22.4 Å². The number of ether oxygens (including phenoxy) is 2. The quantitative estimate of drug-likeness (QED) is 0.587. The SMILES string of the molecule is Cn1c(C(C)(C)C)cc(=NC(=O)c2cc(C(F)(F)F)ccc2OCCF)n1C[C@H]1CCCO1. The Labute approximate surface area is 189 Å². The Hall–Kier alpha value is -2.62. The van der Waals surface area contributed by atoms with E-state index < -0.39 is 24.3 Å². The lowest BCUT2D eigenvalue weighted by atomic mass is 9.92. The molecule has 2 aromatic rings. The summed E-state index contributed by atoms with van der Waals surface area (Å²) in [5.74, 6) is -1.05. The lowest BCUT2D eigenvalue weighted by Crippen LogP contribution is -2.30. The number of halogens is 4. The molecule has 0 saturated carbocycles. The van der Waals surface area contributed by atoms with Crippen LogP contribution in [0.3, 0.4) is 0 Å². The molecular weight excluding hydrogens is 442 g/mol. The number of amides is 1. The molecule has 1 saturated heterocycles. The standard InChI is InChI=1S/C23H29F4N3O3/c1-22(2,3)19-13-20(30(29(19)4)14-16-6-5-10-32-16)28-21(31)17-12-15(23(25,26)27)7-8-18(17)33-11-9-24/h7-8,12-13,16H,5-6,9-11,14H2,1-4H3/t16-/m1/s1. The molecule has 2 heterocycles. The largest absolute Gasteiger partial charge is 0.490 e. The second-order valence-electron chi connectivity index (χ2n) is 9.04. The van der Waals surface area contributed by atoms with Crippen LogP contribution >= 0.6 is 0 Å². The van der Waals surface area contributed by atoms with Gasteiger partial charge >= 0.3 is 6.18 Å². The smallest absolute Gasteiger partial charge is 0.416 e. The number of carbonyl (C=O) groups is 1. The topological polar surface area (TPSA) is 57.8 Å². The lowest BCUT2D eigenvalue weighted by Gasteiger charge is -2.21. The summed E-state index contributed by atoms with van der Waals surface area (Å²) < 4.78 is 67.0. The van der Waals surface area contributed by atoms with Crippen molar-refractivity contribution in [3.05, 3.63) is 46.6 Å². The summed E-state index contributed by atoms with van der Waals surface area (Å²) in [4.78, 5) is 17.2. The molecule has 1 aromatic heterocycles. The average Bonchev–Trinajstić information content (AvgIpc) is 3.34. The van der Waals surface area contributed by atoms with Crippen molar-refractivity contribution in [3.8, 4) is 5.75 Å². The van der Waals surface area contributed by atoms with Crippen molar-refractivity contribution >= 4 is 5.91 Å². The van der Waals surface area contributed by atoms with Gasteiger partial charge in [0.1, 0.15) is 19.0 Å². The monoisotopic (exact) mass is 471 g/mol. The molecule has 10 heteroatoms. The minimum Gasteiger partial charge on any atom is -0.490 e. The van der Waals surface area contributed by atoms with Gasteiger partial charge in [0.2, 0.25) is 0 Å². The van der Waals surface area contributed by atoms with Gasteiger partial charge in [0.25, 0.3) is 5.91 Å². The summed E-state index contributed by atoms with van der Waals surface area (Å²) in [6.45, 7) is 5.92. The van der Waals surface area contributed by atoms with Crippen molar-refractivity contribution in [1.29, 1.82) is 0 Å². The van der Waals surface area contributed by atoms with Crippen molar-refractivity contribution in [1.82, 2.24) is 9.36 Å². The van der Waals surface area contributed by atoms with E-state index in [-0.39, 0.29) is 29.4 Å². The molecule has 6 nitrogen and oxygen atoms in total. The molecular formula is C23H29F4N3O3. The number of nitrogens with zero attached hydrogens (tertiary/aromatic N) is 3. The Kier molecular flexibility index (Phi) is 7.36. The molecule has 33 heavy (non-hydrogen) atoms. The number of benzene rings is 1. The van der Waals surface area contributed by atoms with Gasteiger partial charge in [0.15, 0.2) is 5.49 Å². The minimum atomic E-state index is -4.65. The number of aromatic nitrogens is 2. The fraction of sp³-hybridized carbons (Fsp3) is 0.565. The van der Waals surface area contributed by atoms with Gasteiger partial charge in [-0.2, -0.15) is 18.2 Å². The molecule has 1 aromatic carbocycles. The summed E-state index contributed by atoms with van der Waals surface area (Å²) in [5.41, 5.74) is -0.454. The van der Waals surface area contributed by atoms with Crippen molar-refractivity contribution in [3.63, 3.8) is 0 Å². The van der Waals surface area contributed by atoms with Crippen LogP contribution in [0.15, 0.2) is 29.3 Å². The van der Waals surface area contributed by atoms with Crippen LogP contribution in [-0.2, 0) is 29.9 Å². The normalized spacial score (nSPS) is 17.6. The maximum Gasteiger partial charge on any atom is 0.416 e. The summed E-state index contributed by atoms with van der Waals surface area (Å²) >= 11 is 0. The van der Waals surface area contributed by atoms with Crippen molar-refractivity contribution in [2.45, 2.75) is 57.9 Å². The summed E-state index contributed by atoms with van der Waals surface area (Å²) in [7, 11) is 1.85. The molecule has 0 radical (unpaired) electrons. The van der Waals surface area contributed by atoms with Crippen LogP contribution in [0, 0.1) is 0 Å². The molecule has 0 spiro atoms. The Morgan fingerprint density at radius 2 is 1.97 bits per heavy atom. The maximum absolute atomic E-state index is 13.3. The molecule has 0 N–H and O–H groups in total. The number of carbonyl (C=O) groups excluding carboxylic acids is 1. The predicted molar refractivity (Wildman–Crippen MR) is 114 cm³/mol. The molecule has 1 amide bonds. The van der Waals surface area contributed by atoms with Gasteiger partial charge in [-0.15, -0.1) is 0 Å². The highest BCUT2D eigenvalue weighted by Gasteiger charge is 2.32. The minimum absolute atomic E-state index is 0.0440. The maximum atomic E-state index is 13.3. The van der Waals surface area contributed by atoms with E-state index in [0.29, 0.717) is 24.7 Å². The summed E-state index contributed by atoms with van der Waals surface area (Å²) in [6.07, 6.45) is -2.89. The second kappa shape index (κ2) is 9.70. The number of hydrogen-bond acceptors (Lipinski definition) is 3. The fourth-order valence-corrected chi connectivity index (χ4v) is 3.88. The molecule has 1 fully saturated rings. The average molecular weight is 471 g/mol. The third kappa shape index (κ3) is 5.85. The first-order valence-corrected chi connectivity index (χ1v) is 10.8. The Balaban J connectivity index is 2.10. The first-order chi connectivity index (χ1) is 15.4. The summed E-state index contributed by atoms with van der Waals surface area (Å²) in [6, 6.07) is 4.26. The zero-order valence-electron chi connectivity index (χ0n) is 19.2. The molecule has 1 aliphatic heterocycles. The van der Waals surface area contributed by atoms with Gasteiger partial charge in [0, 0.05) is 30.8 Å². The first-order valence-electron chi connectivity index (χ1n) is 10.8. The Morgan fingerprint density at radius 1 is 1.24 bits per heavy atom. The lowest BCUT2D eigenvalue weighted by molar-refractivity contribution is -0.137. The van der Waals surface area contributed by atoms with Gasteiger partial charge in [-0.3, -0.25) is 14.2 Å². The van der Waals surface area contributed by atoms with Crippen LogP contribution in [0.5, 0.6) is 5.75 Å². The van der Waals surface area contributed by atoms with Gasteiger partial charge in [-0.1, -0.05) is 20.8 Å². The van der Waals surface area contributed by atoms with E-state index in [4.69, 9.17) is 9.47 Å². The molecule has 1 aliphatic rings. The van der Waals surface area contributed by atoms with Gasteiger partial charge in [-0.05, 0) is 31.0 Å². The molecule has 3 rings (SSSR count). The Morgan fingerprint density at radius 3 is 2.55 bits per heavy atom. The van der Waals surface area contributed by atoms with Crippen molar-refractivity contribution in [2.24, 2.45) is 12.0 Å². The highest BCUT2D eigenvalue weighted by molar-refractivity contribution is 5.97. The van der Waals surface area contributed by atoms with Crippen LogP contribution < -0.4 is 10.2 Å². The second-order valence-corrected chi connectivity index (χ2v) is 9.04. The zero-order valence-corrected chi connectivity index (χ0v) is 19.2. The van der Waals surface area contributed by atoms with Crippen LogP contribution in [0.4, 0.5) is 17.6 Å². The third-order valence-corrected chi connectivity index (χ3v) is 5.50. The van der Waals surface area contributed by atoms with E-state index >= 15 is 0 Å². The predicted octanol–water partition coefficient (Wildman–Crippen LogP) is 4.41. The highest BCUT2D eigenvalue weighted by Crippen LogP contribution is 2.33. The van der Waals surface area contributed by atoms with Crippen molar-refractivity contribution in [2.75, 3.05) is 19.9 Å². The van der Waals surface area contributed by atoms with E-state index in [0.717, 1.165) is 30.7 Å². The number of hydrogen-bond donors (Lipinski definition) is 0. The zero-order chi connectivity index (χ0) is 24.4. The van der Waals surface area contributed by atoms with Gasteiger partial charge in [0.05, 0.1) is 23.8 Å². The van der Waals surface area contributed by atoms with Crippen LogP contribution in [-0.4, -0.2) is 41.3 Å². The van der Waals surface area contributed by atoms with E-state index in [1.807, 2.05) is 32.5 Å². The highest BCUT2D eigenvalue weighted by atomic mass is 19.4. The van der Waals surface area contributed by atoms with Crippen LogP contribution in [0.1, 0.15) is 55.2 Å². The molecule has 0 aliphatic carbocycles. The molecule has 182 valence electrons. The van der Waals surface area contributed by atoms with Gasteiger partial charge in [-0.25, -0.2) is 4.39 Å². The van der Waals surface area contributed by atoms with Crippen molar-refractivity contribution < 1.29 is 31.8 Å².